The van der Waals surface area contributed by atoms with Crippen molar-refractivity contribution in [3.63, 3.8) is 0 Å². The summed E-state index contributed by atoms with van der Waals surface area (Å²) in [6.07, 6.45) is 1.76. The molecule has 3 nitrogen and oxygen atoms in total. The molecule has 0 radical (unpaired) electrons. The van der Waals surface area contributed by atoms with Gasteiger partial charge in [0.2, 0.25) is 0 Å². The molecule has 3 heteroatoms. The monoisotopic (exact) mass is 157 g/mol. The molecule has 0 aliphatic heterocycles. The van der Waals surface area contributed by atoms with Gasteiger partial charge in [-0.05, 0) is 19.3 Å². The predicted molar refractivity (Wildman–Crippen MR) is 41.9 cm³/mol. The largest absolute Gasteiger partial charge is 0.465 e. The number of hydrogen-bond acceptors (Lipinski definition) is 3. The van der Waals surface area contributed by atoms with Gasteiger partial charge in [-0.1, -0.05) is 13.3 Å². The van der Waals surface area contributed by atoms with Crippen LogP contribution < -0.4 is 5.73 Å². The van der Waals surface area contributed by atoms with Crippen LogP contribution in [0.2, 0.25) is 0 Å². The zero-order chi connectivity index (χ0) is 8.48. The lowest BCUT2D eigenvalue weighted by Crippen LogP contribution is -2.37. The Labute approximate surface area is 66.9 Å². The summed E-state index contributed by atoms with van der Waals surface area (Å²) in [6, 6.07) is 0. The highest BCUT2D eigenvalue weighted by Gasteiger charge is 2.57. The second-order valence-electron chi connectivity index (χ2n) is 3.07. The van der Waals surface area contributed by atoms with Crippen molar-refractivity contribution in [3.05, 3.63) is 0 Å². The first-order valence-corrected chi connectivity index (χ1v) is 4.11. The maximum atomic E-state index is 11.1. The molecule has 0 aromatic carbocycles. The zero-order valence-electron chi connectivity index (χ0n) is 7.09. The molecule has 1 aliphatic rings. The summed E-state index contributed by atoms with van der Waals surface area (Å²) in [6.45, 7) is 4.26. The Bertz CT molecular complexity index is 169. The fraction of sp³-hybridized carbons (Fsp3) is 0.875. The van der Waals surface area contributed by atoms with Crippen molar-refractivity contribution in [2.24, 2.45) is 11.7 Å². The van der Waals surface area contributed by atoms with E-state index in [-0.39, 0.29) is 5.97 Å². The van der Waals surface area contributed by atoms with Crippen LogP contribution in [0.3, 0.4) is 0 Å². The average Bonchev–Trinajstić information content (AvgIpc) is 2.64. The molecule has 1 saturated carbocycles. The van der Waals surface area contributed by atoms with Gasteiger partial charge in [0.15, 0.2) is 0 Å². The van der Waals surface area contributed by atoms with Crippen molar-refractivity contribution in [1.29, 1.82) is 0 Å². The maximum Gasteiger partial charge on any atom is 0.326 e. The molecule has 0 heterocycles. The van der Waals surface area contributed by atoms with Gasteiger partial charge in [-0.3, -0.25) is 4.79 Å². The van der Waals surface area contributed by atoms with E-state index >= 15 is 0 Å². The third kappa shape index (κ3) is 1.38. The molecule has 0 unspecified atom stereocenters. The Morgan fingerprint density at radius 3 is 2.73 bits per heavy atom. The second-order valence-corrected chi connectivity index (χ2v) is 3.07. The highest BCUT2D eigenvalue weighted by Crippen LogP contribution is 2.44. The molecule has 0 aromatic heterocycles. The molecule has 1 aliphatic carbocycles. The van der Waals surface area contributed by atoms with E-state index < -0.39 is 5.54 Å². The molecule has 0 aromatic rings. The van der Waals surface area contributed by atoms with Crippen molar-refractivity contribution in [3.8, 4) is 0 Å². The van der Waals surface area contributed by atoms with Gasteiger partial charge in [0.1, 0.15) is 5.54 Å². The van der Waals surface area contributed by atoms with E-state index in [1.54, 1.807) is 6.92 Å². The highest BCUT2D eigenvalue weighted by molar-refractivity contribution is 5.84. The lowest BCUT2D eigenvalue weighted by Gasteiger charge is -2.08. The molecule has 1 fully saturated rings. The third-order valence-electron chi connectivity index (χ3n) is 2.30. The summed E-state index contributed by atoms with van der Waals surface area (Å²) in [5, 5.41) is 0. The first-order chi connectivity index (χ1) is 5.15. The van der Waals surface area contributed by atoms with Crippen molar-refractivity contribution >= 4 is 5.97 Å². The Morgan fingerprint density at radius 1 is 1.73 bits per heavy atom. The molecule has 0 amide bonds. The third-order valence-corrected chi connectivity index (χ3v) is 2.30. The van der Waals surface area contributed by atoms with E-state index in [1.807, 2.05) is 6.92 Å². The van der Waals surface area contributed by atoms with Gasteiger partial charge in [0, 0.05) is 0 Å². The van der Waals surface area contributed by atoms with Crippen LogP contribution in [0.25, 0.3) is 0 Å². The highest BCUT2D eigenvalue weighted by atomic mass is 16.5. The van der Waals surface area contributed by atoms with Crippen LogP contribution in [0.5, 0.6) is 0 Å². The predicted octanol–water partition coefficient (Wildman–Crippen LogP) is 0.677. The van der Waals surface area contributed by atoms with Crippen molar-refractivity contribution in [1.82, 2.24) is 0 Å². The van der Waals surface area contributed by atoms with Gasteiger partial charge in [-0.2, -0.15) is 0 Å². The SMILES string of the molecule is CCOC(=O)[C@@]1(N)C[C@H]1CC. The van der Waals surface area contributed by atoms with Gasteiger partial charge in [-0.25, -0.2) is 0 Å². The molecular formula is C8H15NO2. The average molecular weight is 157 g/mol. The van der Waals surface area contributed by atoms with E-state index in [2.05, 4.69) is 0 Å². The molecule has 1 rings (SSSR count). The number of rotatable bonds is 3. The standard InChI is InChI=1S/C8H15NO2/c1-3-6-5-8(6,9)7(10)11-4-2/h6H,3-5,9H2,1-2H3/t6-,8-/m1/s1. The number of hydrogen-bond donors (Lipinski definition) is 1. The molecule has 11 heavy (non-hydrogen) atoms. The summed E-state index contributed by atoms with van der Waals surface area (Å²) in [5.41, 5.74) is 5.12. The zero-order valence-corrected chi connectivity index (χ0v) is 7.09. The Morgan fingerprint density at radius 2 is 2.36 bits per heavy atom. The Kier molecular flexibility index (Phi) is 2.18. The molecule has 2 atom stereocenters. The first kappa shape index (κ1) is 8.53. The topological polar surface area (TPSA) is 52.3 Å². The number of nitrogens with two attached hydrogens (primary N) is 1. The summed E-state index contributed by atoms with van der Waals surface area (Å²) in [5.74, 6) is 0.119. The van der Waals surface area contributed by atoms with Crippen LogP contribution in [0.4, 0.5) is 0 Å². The molecule has 0 bridgehead atoms. The fourth-order valence-electron chi connectivity index (χ4n) is 1.37. The smallest absolute Gasteiger partial charge is 0.326 e. The van der Waals surface area contributed by atoms with Gasteiger partial charge >= 0.3 is 5.97 Å². The maximum absolute atomic E-state index is 11.1. The summed E-state index contributed by atoms with van der Waals surface area (Å²) in [4.78, 5) is 11.1. The number of ether oxygens (including phenoxy) is 1. The van der Waals surface area contributed by atoms with Crippen molar-refractivity contribution < 1.29 is 9.53 Å². The number of carbonyl (C=O) groups excluding carboxylic acids is 1. The second kappa shape index (κ2) is 2.81. The first-order valence-electron chi connectivity index (χ1n) is 4.11. The Hall–Kier alpha value is -0.570. The van der Waals surface area contributed by atoms with Crippen LogP contribution in [-0.4, -0.2) is 18.1 Å². The lowest BCUT2D eigenvalue weighted by atomic mass is 10.2. The van der Waals surface area contributed by atoms with E-state index in [1.165, 1.54) is 0 Å². The van der Waals surface area contributed by atoms with Crippen molar-refractivity contribution in [2.75, 3.05) is 6.61 Å². The molecule has 0 spiro atoms. The van der Waals surface area contributed by atoms with E-state index in [9.17, 15) is 4.79 Å². The summed E-state index contributed by atoms with van der Waals surface area (Å²) < 4.78 is 4.84. The normalized spacial score (nSPS) is 35.0. The fourth-order valence-corrected chi connectivity index (χ4v) is 1.37. The number of esters is 1. The molecule has 64 valence electrons. The Balaban J connectivity index is 2.42. The minimum absolute atomic E-state index is 0.230. The van der Waals surface area contributed by atoms with E-state index in [0.717, 1.165) is 12.8 Å². The van der Waals surface area contributed by atoms with Crippen LogP contribution in [-0.2, 0) is 9.53 Å². The minimum atomic E-state index is -0.634. The van der Waals surface area contributed by atoms with Gasteiger partial charge in [0.05, 0.1) is 6.61 Å². The van der Waals surface area contributed by atoms with Crippen molar-refractivity contribution in [2.45, 2.75) is 32.2 Å². The molecular weight excluding hydrogens is 142 g/mol. The van der Waals surface area contributed by atoms with Crippen LogP contribution in [0.1, 0.15) is 26.7 Å². The summed E-state index contributed by atoms with van der Waals surface area (Å²) in [7, 11) is 0. The van der Waals surface area contributed by atoms with Crippen LogP contribution >= 0.6 is 0 Å². The van der Waals surface area contributed by atoms with Gasteiger partial charge in [0.25, 0.3) is 0 Å². The number of carbonyl (C=O) groups is 1. The summed E-state index contributed by atoms with van der Waals surface area (Å²) >= 11 is 0. The van der Waals surface area contributed by atoms with E-state index in [4.69, 9.17) is 10.5 Å². The molecule has 0 saturated heterocycles. The van der Waals surface area contributed by atoms with Crippen LogP contribution in [0.15, 0.2) is 0 Å². The van der Waals surface area contributed by atoms with E-state index in [0.29, 0.717) is 12.5 Å². The van der Waals surface area contributed by atoms with Crippen LogP contribution in [0, 0.1) is 5.92 Å². The quantitative estimate of drug-likeness (QED) is 0.613. The van der Waals surface area contributed by atoms with Gasteiger partial charge in [-0.15, -0.1) is 0 Å². The molecule has 2 N–H and O–H groups in total. The van der Waals surface area contributed by atoms with Gasteiger partial charge < -0.3 is 10.5 Å². The lowest BCUT2D eigenvalue weighted by molar-refractivity contribution is -0.146. The minimum Gasteiger partial charge on any atom is -0.465 e.